The summed E-state index contributed by atoms with van der Waals surface area (Å²) in [4.78, 5) is 0. The number of hydrogen-bond acceptors (Lipinski definition) is 3. The van der Waals surface area contributed by atoms with E-state index in [9.17, 15) is 0 Å². The lowest BCUT2D eigenvalue weighted by Crippen LogP contribution is -1.90. The minimum absolute atomic E-state index is 0.947. The van der Waals surface area contributed by atoms with Gasteiger partial charge in [-0.05, 0) is 112 Å². The van der Waals surface area contributed by atoms with Crippen LogP contribution in [0.4, 0.5) is 0 Å². The maximum Gasteiger partial charge on any atom is 0.112 e. The summed E-state index contributed by atoms with van der Waals surface area (Å²) in [5.41, 5.74) is 12.1. The van der Waals surface area contributed by atoms with Gasteiger partial charge in [0.1, 0.15) is 11.0 Å². The van der Waals surface area contributed by atoms with E-state index in [-0.39, 0.29) is 0 Å². The van der Waals surface area contributed by atoms with Gasteiger partial charge in [-0.25, -0.2) is 0 Å². The van der Waals surface area contributed by atoms with Crippen molar-refractivity contribution in [1.82, 2.24) is 8.75 Å². The van der Waals surface area contributed by atoms with Crippen LogP contribution in [-0.4, -0.2) is 8.75 Å². The van der Waals surface area contributed by atoms with Crippen LogP contribution in [0.3, 0.4) is 0 Å². The van der Waals surface area contributed by atoms with Crippen LogP contribution in [-0.2, 0) is 0 Å². The Hall–Kier alpha value is -5.38. The zero-order valence-electron chi connectivity index (χ0n) is 23.0. The molecule has 1 aliphatic carbocycles. The zero-order valence-corrected chi connectivity index (χ0v) is 23.8. The van der Waals surface area contributed by atoms with E-state index in [4.69, 9.17) is 0 Å². The molecule has 3 heteroatoms. The number of fused-ring (bicyclic) bond motifs is 8. The van der Waals surface area contributed by atoms with Crippen LogP contribution in [0.1, 0.15) is 0 Å². The Labute approximate surface area is 251 Å². The SMILES string of the molecule is c1ccc(-c2c3c(cc4cc5c(-c6cccc7nsnc67)cccc5cc24)-c2cccc4c2c-3cc2ccccc24)cc1. The van der Waals surface area contributed by atoms with E-state index in [2.05, 4.69) is 136 Å². The summed E-state index contributed by atoms with van der Waals surface area (Å²) in [7, 11) is 0. The maximum absolute atomic E-state index is 4.66. The van der Waals surface area contributed by atoms with Crippen LogP contribution in [0, 0.1) is 0 Å². The number of rotatable bonds is 2. The van der Waals surface area contributed by atoms with Crippen molar-refractivity contribution in [3.8, 4) is 44.5 Å². The van der Waals surface area contributed by atoms with Crippen LogP contribution in [0.2, 0.25) is 0 Å². The largest absolute Gasteiger partial charge is 0.173 e. The third-order valence-electron chi connectivity index (χ3n) is 9.22. The van der Waals surface area contributed by atoms with E-state index in [1.54, 1.807) is 0 Å². The average Bonchev–Trinajstić information content (AvgIpc) is 3.67. The van der Waals surface area contributed by atoms with Gasteiger partial charge >= 0.3 is 0 Å². The quantitative estimate of drug-likeness (QED) is 0.155. The summed E-state index contributed by atoms with van der Waals surface area (Å²) in [6.45, 7) is 0. The molecule has 2 nitrogen and oxygen atoms in total. The lowest BCUT2D eigenvalue weighted by Gasteiger charge is -2.17. The number of aromatic nitrogens is 2. The Kier molecular flexibility index (Phi) is 4.63. The van der Waals surface area contributed by atoms with E-state index in [1.807, 2.05) is 6.07 Å². The molecule has 0 unspecified atom stereocenters. The molecule has 0 saturated heterocycles. The summed E-state index contributed by atoms with van der Waals surface area (Å²) in [5, 5.41) is 10.2. The fraction of sp³-hybridized carbons (Fsp3) is 0. The van der Waals surface area contributed by atoms with Gasteiger partial charge in [-0.1, -0.05) is 103 Å². The number of nitrogens with zero attached hydrogens (tertiary/aromatic N) is 2. The molecule has 0 amide bonds. The molecule has 8 aromatic carbocycles. The lowest BCUT2D eigenvalue weighted by atomic mass is 9.86. The number of hydrogen-bond donors (Lipinski definition) is 0. The Morgan fingerprint density at radius 3 is 2.05 bits per heavy atom. The van der Waals surface area contributed by atoms with Gasteiger partial charge in [0.05, 0.1) is 11.7 Å². The third-order valence-corrected chi connectivity index (χ3v) is 9.76. The topological polar surface area (TPSA) is 25.8 Å². The second kappa shape index (κ2) is 8.57. The van der Waals surface area contributed by atoms with Gasteiger partial charge in [-0.15, -0.1) is 0 Å². The fourth-order valence-corrected chi connectivity index (χ4v) is 7.96. The average molecular weight is 563 g/mol. The van der Waals surface area contributed by atoms with Gasteiger partial charge in [0.15, 0.2) is 0 Å². The van der Waals surface area contributed by atoms with Gasteiger partial charge in [0.25, 0.3) is 0 Å². The van der Waals surface area contributed by atoms with Crippen molar-refractivity contribution in [3.05, 3.63) is 133 Å². The Balaban J connectivity index is 1.36. The molecule has 0 bridgehead atoms. The van der Waals surface area contributed by atoms with Crippen molar-refractivity contribution in [2.75, 3.05) is 0 Å². The summed E-state index contributed by atoms with van der Waals surface area (Å²) in [6.07, 6.45) is 0. The molecule has 0 fully saturated rings. The van der Waals surface area contributed by atoms with Gasteiger partial charge in [-0.3, -0.25) is 0 Å². The van der Waals surface area contributed by atoms with Crippen molar-refractivity contribution in [3.63, 3.8) is 0 Å². The third kappa shape index (κ3) is 3.17. The first-order chi connectivity index (χ1) is 21.3. The van der Waals surface area contributed by atoms with Gasteiger partial charge in [-0.2, -0.15) is 8.75 Å². The number of benzene rings is 8. The van der Waals surface area contributed by atoms with E-state index in [1.165, 1.54) is 93.8 Å². The maximum atomic E-state index is 4.66. The first kappa shape index (κ1) is 23.2. The predicted octanol–water partition coefficient (Wildman–Crippen LogP) is 11.3. The van der Waals surface area contributed by atoms with Crippen molar-refractivity contribution in [1.29, 1.82) is 0 Å². The molecule has 1 heterocycles. The molecule has 0 spiro atoms. The van der Waals surface area contributed by atoms with Crippen molar-refractivity contribution >= 4 is 65.9 Å². The highest BCUT2D eigenvalue weighted by Crippen LogP contribution is 2.55. The molecule has 1 aliphatic rings. The molecular weight excluding hydrogens is 541 g/mol. The minimum Gasteiger partial charge on any atom is -0.173 e. The van der Waals surface area contributed by atoms with Crippen LogP contribution in [0.25, 0.3) is 98.6 Å². The summed E-state index contributed by atoms with van der Waals surface area (Å²) >= 11 is 1.27. The predicted molar refractivity (Wildman–Crippen MR) is 183 cm³/mol. The fourth-order valence-electron chi connectivity index (χ4n) is 7.41. The highest BCUT2D eigenvalue weighted by atomic mass is 32.1. The molecule has 43 heavy (non-hydrogen) atoms. The molecule has 0 radical (unpaired) electrons. The van der Waals surface area contributed by atoms with Crippen LogP contribution < -0.4 is 0 Å². The monoisotopic (exact) mass is 562 g/mol. The smallest absolute Gasteiger partial charge is 0.112 e. The van der Waals surface area contributed by atoms with E-state index in [0.717, 1.165) is 16.6 Å². The molecular formula is C40H22N2S. The molecule has 0 atom stereocenters. The standard InChI is InChI=1S/C40H22N2S/c1-2-9-23(10-3-1)37-33-19-25-12-6-14-28(31-17-8-18-36-40(31)42-43-41-36)32(25)21-26(33)22-34-30-16-7-15-29-27-13-5-4-11-24(27)20-35(38(29)30)39(34)37/h1-22H. The van der Waals surface area contributed by atoms with Gasteiger partial charge < -0.3 is 0 Å². The minimum atomic E-state index is 0.947. The first-order valence-electron chi connectivity index (χ1n) is 14.6. The van der Waals surface area contributed by atoms with Crippen LogP contribution >= 0.6 is 11.7 Å². The second-order valence-electron chi connectivity index (χ2n) is 11.5. The van der Waals surface area contributed by atoms with Crippen molar-refractivity contribution in [2.45, 2.75) is 0 Å². The van der Waals surface area contributed by atoms with Crippen molar-refractivity contribution < 1.29 is 0 Å². The second-order valence-corrected chi connectivity index (χ2v) is 12.0. The Morgan fingerprint density at radius 2 is 1.09 bits per heavy atom. The molecule has 0 saturated carbocycles. The molecule has 10 rings (SSSR count). The molecule has 1 aromatic heterocycles. The summed E-state index contributed by atoms with van der Waals surface area (Å²) in [6, 6.07) is 49.1. The molecule has 0 N–H and O–H groups in total. The lowest BCUT2D eigenvalue weighted by molar-refractivity contribution is 1.62. The summed E-state index contributed by atoms with van der Waals surface area (Å²) < 4.78 is 9.17. The Bertz CT molecular complexity index is 2610. The van der Waals surface area contributed by atoms with Gasteiger partial charge in [0, 0.05) is 5.56 Å². The molecule has 198 valence electrons. The zero-order chi connectivity index (χ0) is 28.1. The first-order valence-corrected chi connectivity index (χ1v) is 15.3. The summed E-state index contributed by atoms with van der Waals surface area (Å²) in [5.74, 6) is 0. The molecule has 9 aromatic rings. The Morgan fingerprint density at radius 1 is 0.395 bits per heavy atom. The van der Waals surface area contributed by atoms with E-state index >= 15 is 0 Å². The van der Waals surface area contributed by atoms with E-state index in [0.29, 0.717) is 0 Å². The highest BCUT2D eigenvalue weighted by molar-refractivity contribution is 7.00. The van der Waals surface area contributed by atoms with Crippen LogP contribution in [0.5, 0.6) is 0 Å². The van der Waals surface area contributed by atoms with E-state index < -0.39 is 0 Å². The van der Waals surface area contributed by atoms with Gasteiger partial charge in [0.2, 0.25) is 0 Å². The highest BCUT2D eigenvalue weighted by Gasteiger charge is 2.27. The normalized spacial score (nSPS) is 12.2. The van der Waals surface area contributed by atoms with Crippen LogP contribution in [0.15, 0.2) is 133 Å². The van der Waals surface area contributed by atoms with Crippen molar-refractivity contribution in [2.24, 2.45) is 0 Å². The molecule has 0 aliphatic heterocycles.